The molecular formula is C10H15ClN2O2S. The molecule has 6 heteroatoms. The van der Waals surface area contributed by atoms with Gasteiger partial charge in [0.05, 0.1) is 5.75 Å². The van der Waals surface area contributed by atoms with Crippen molar-refractivity contribution < 1.29 is 8.42 Å². The van der Waals surface area contributed by atoms with Gasteiger partial charge in [0.1, 0.15) is 0 Å². The fraction of sp³-hybridized carbons (Fsp3) is 0.400. The molecule has 0 unspecified atom stereocenters. The van der Waals surface area contributed by atoms with Crippen LogP contribution < -0.4 is 10.5 Å². The average molecular weight is 263 g/mol. The summed E-state index contributed by atoms with van der Waals surface area (Å²) in [6.07, 6.45) is 0.520. The van der Waals surface area contributed by atoms with Crippen LogP contribution in [0.4, 0.5) is 0 Å². The molecule has 0 spiro atoms. The summed E-state index contributed by atoms with van der Waals surface area (Å²) < 4.78 is 21.3. The molecule has 0 aliphatic carbocycles. The molecule has 0 saturated carbocycles. The van der Waals surface area contributed by atoms with Crippen LogP contribution in [0.2, 0.25) is 5.02 Å². The summed E-state index contributed by atoms with van der Waals surface area (Å²) in [4.78, 5) is 0. The Labute approximate surface area is 101 Å². The normalized spacial score (nSPS) is 11.6. The second-order valence-electron chi connectivity index (χ2n) is 3.52. The molecule has 90 valence electrons. The van der Waals surface area contributed by atoms with Gasteiger partial charge in [-0.1, -0.05) is 23.7 Å². The van der Waals surface area contributed by atoms with E-state index < -0.39 is 10.0 Å². The maximum Gasteiger partial charge on any atom is 0.209 e. The van der Waals surface area contributed by atoms with Gasteiger partial charge in [0.25, 0.3) is 0 Å². The van der Waals surface area contributed by atoms with Crippen molar-refractivity contribution in [3.05, 3.63) is 34.9 Å². The zero-order valence-corrected chi connectivity index (χ0v) is 10.4. The zero-order chi connectivity index (χ0) is 12.0. The molecule has 0 saturated heterocycles. The third-order valence-electron chi connectivity index (χ3n) is 2.02. The van der Waals surface area contributed by atoms with Gasteiger partial charge in [-0.25, -0.2) is 13.6 Å². The van der Waals surface area contributed by atoms with E-state index in [0.29, 0.717) is 24.5 Å². The highest BCUT2D eigenvalue weighted by Gasteiger charge is 2.01. The smallest absolute Gasteiger partial charge is 0.209 e. The van der Waals surface area contributed by atoms with Gasteiger partial charge >= 0.3 is 0 Å². The molecule has 0 amide bonds. The van der Waals surface area contributed by atoms with Gasteiger partial charge in [0.15, 0.2) is 0 Å². The highest BCUT2D eigenvalue weighted by molar-refractivity contribution is 7.89. The van der Waals surface area contributed by atoms with Gasteiger partial charge in [0, 0.05) is 11.6 Å². The largest absolute Gasteiger partial charge is 0.313 e. The van der Waals surface area contributed by atoms with Crippen LogP contribution >= 0.6 is 11.6 Å². The van der Waals surface area contributed by atoms with Crippen molar-refractivity contribution in [3.63, 3.8) is 0 Å². The number of sulfonamides is 1. The number of hydrogen-bond acceptors (Lipinski definition) is 3. The van der Waals surface area contributed by atoms with E-state index >= 15 is 0 Å². The predicted molar refractivity (Wildman–Crippen MR) is 65.7 cm³/mol. The molecule has 0 aliphatic rings. The lowest BCUT2D eigenvalue weighted by molar-refractivity contribution is 0.590. The summed E-state index contributed by atoms with van der Waals surface area (Å²) in [5, 5.41) is 8.71. The van der Waals surface area contributed by atoms with Crippen LogP contribution in [0.15, 0.2) is 24.3 Å². The van der Waals surface area contributed by atoms with Gasteiger partial charge in [-0.2, -0.15) is 0 Å². The molecule has 3 N–H and O–H groups in total. The fourth-order valence-electron chi connectivity index (χ4n) is 1.23. The van der Waals surface area contributed by atoms with E-state index in [4.69, 9.17) is 16.7 Å². The number of hydrogen-bond donors (Lipinski definition) is 2. The first-order chi connectivity index (χ1) is 7.47. The Morgan fingerprint density at radius 3 is 2.44 bits per heavy atom. The minimum absolute atomic E-state index is 0.0145. The average Bonchev–Trinajstić information content (AvgIpc) is 2.19. The Morgan fingerprint density at radius 1 is 1.25 bits per heavy atom. The van der Waals surface area contributed by atoms with Crippen molar-refractivity contribution in [2.75, 3.05) is 12.3 Å². The highest BCUT2D eigenvalue weighted by atomic mass is 35.5. The molecular weight excluding hydrogens is 248 g/mol. The Hall–Kier alpha value is -0.620. The van der Waals surface area contributed by atoms with E-state index in [1.165, 1.54) is 0 Å². The van der Waals surface area contributed by atoms with Crippen LogP contribution in [0.5, 0.6) is 0 Å². The van der Waals surface area contributed by atoms with Crippen LogP contribution in [0, 0.1) is 0 Å². The topological polar surface area (TPSA) is 72.2 Å². The van der Waals surface area contributed by atoms with Crippen LogP contribution in [-0.4, -0.2) is 20.7 Å². The van der Waals surface area contributed by atoms with Crippen LogP contribution in [-0.2, 0) is 16.6 Å². The van der Waals surface area contributed by atoms with Crippen LogP contribution in [0.1, 0.15) is 12.0 Å². The van der Waals surface area contributed by atoms with Crippen molar-refractivity contribution in [1.29, 1.82) is 0 Å². The maximum atomic E-state index is 10.6. The SMILES string of the molecule is NS(=O)(=O)CCCNCc1ccc(Cl)cc1. The first-order valence-corrected chi connectivity index (χ1v) is 7.02. The summed E-state index contributed by atoms with van der Waals surface area (Å²) in [5.74, 6) is 0.0145. The molecule has 1 rings (SSSR count). The molecule has 0 fully saturated rings. The van der Waals surface area contributed by atoms with E-state index in [2.05, 4.69) is 5.32 Å². The lowest BCUT2D eigenvalue weighted by atomic mass is 10.2. The molecule has 16 heavy (non-hydrogen) atoms. The number of rotatable bonds is 6. The lowest BCUT2D eigenvalue weighted by Gasteiger charge is -2.04. The minimum Gasteiger partial charge on any atom is -0.313 e. The van der Waals surface area contributed by atoms with Crippen LogP contribution in [0.3, 0.4) is 0 Å². The number of primary sulfonamides is 1. The standard InChI is InChI=1S/C10H15ClN2O2S/c11-10-4-2-9(3-5-10)8-13-6-1-7-16(12,14)15/h2-5,13H,1,6-8H2,(H2,12,14,15). The molecule has 0 bridgehead atoms. The van der Waals surface area contributed by atoms with Gasteiger partial charge in [-0.15, -0.1) is 0 Å². The third kappa shape index (κ3) is 6.07. The molecule has 0 aliphatic heterocycles. The number of nitrogens with one attached hydrogen (secondary N) is 1. The molecule has 1 aromatic rings. The summed E-state index contributed by atoms with van der Waals surface area (Å²) in [7, 11) is -3.33. The lowest BCUT2D eigenvalue weighted by Crippen LogP contribution is -2.21. The third-order valence-corrected chi connectivity index (χ3v) is 3.13. The number of halogens is 1. The second-order valence-corrected chi connectivity index (χ2v) is 5.69. The fourth-order valence-corrected chi connectivity index (χ4v) is 1.91. The van der Waals surface area contributed by atoms with Gasteiger partial charge in [0.2, 0.25) is 10.0 Å². The Bertz CT molecular complexity index is 417. The van der Waals surface area contributed by atoms with Gasteiger partial charge < -0.3 is 5.32 Å². The summed E-state index contributed by atoms with van der Waals surface area (Å²) in [5.41, 5.74) is 1.11. The predicted octanol–water partition coefficient (Wildman–Crippen LogP) is 1.11. The van der Waals surface area contributed by atoms with E-state index in [9.17, 15) is 8.42 Å². The zero-order valence-electron chi connectivity index (χ0n) is 8.82. The summed E-state index contributed by atoms with van der Waals surface area (Å²) >= 11 is 5.74. The summed E-state index contributed by atoms with van der Waals surface area (Å²) in [6.45, 7) is 1.32. The maximum absolute atomic E-state index is 10.6. The number of benzene rings is 1. The van der Waals surface area contributed by atoms with Gasteiger partial charge in [-0.3, -0.25) is 0 Å². The molecule has 4 nitrogen and oxygen atoms in total. The molecule has 0 heterocycles. The van der Waals surface area contributed by atoms with Crippen molar-refractivity contribution in [3.8, 4) is 0 Å². The van der Waals surface area contributed by atoms with E-state index in [1.54, 1.807) is 0 Å². The molecule has 0 radical (unpaired) electrons. The Morgan fingerprint density at radius 2 is 1.88 bits per heavy atom. The monoisotopic (exact) mass is 262 g/mol. The van der Waals surface area contributed by atoms with E-state index in [0.717, 1.165) is 5.56 Å². The van der Waals surface area contributed by atoms with Crippen molar-refractivity contribution in [2.45, 2.75) is 13.0 Å². The van der Waals surface area contributed by atoms with E-state index in [1.807, 2.05) is 24.3 Å². The van der Waals surface area contributed by atoms with Crippen molar-refractivity contribution >= 4 is 21.6 Å². The van der Waals surface area contributed by atoms with Gasteiger partial charge in [-0.05, 0) is 30.7 Å². The molecule has 0 atom stereocenters. The number of nitrogens with two attached hydrogens (primary N) is 1. The Balaban J connectivity index is 2.19. The first-order valence-electron chi connectivity index (χ1n) is 4.93. The highest BCUT2D eigenvalue weighted by Crippen LogP contribution is 2.08. The second kappa shape index (κ2) is 6.20. The molecule has 1 aromatic carbocycles. The first kappa shape index (κ1) is 13.4. The van der Waals surface area contributed by atoms with E-state index in [-0.39, 0.29) is 5.75 Å². The Kier molecular flexibility index (Phi) is 5.21. The van der Waals surface area contributed by atoms with Crippen molar-refractivity contribution in [2.24, 2.45) is 5.14 Å². The quantitative estimate of drug-likeness (QED) is 0.755. The molecule has 0 aromatic heterocycles. The van der Waals surface area contributed by atoms with Crippen molar-refractivity contribution in [1.82, 2.24) is 5.32 Å². The summed E-state index contributed by atoms with van der Waals surface area (Å²) in [6, 6.07) is 7.50. The van der Waals surface area contributed by atoms with Crippen LogP contribution in [0.25, 0.3) is 0 Å². The minimum atomic E-state index is -3.33.